The fourth-order valence-electron chi connectivity index (χ4n) is 1.56. The Labute approximate surface area is 105 Å². The zero-order valence-corrected chi connectivity index (χ0v) is 10.1. The van der Waals surface area contributed by atoms with Gasteiger partial charge in [-0.05, 0) is 24.3 Å². The van der Waals surface area contributed by atoms with Gasteiger partial charge in [-0.1, -0.05) is 0 Å². The summed E-state index contributed by atoms with van der Waals surface area (Å²) in [4.78, 5) is 10.7. The van der Waals surface area contributed by atoms with E-state index < -0.39 is 0 Å². The second-order valence-electron chi connectivity index (χ2n) is 3.65. The average Bonchev–Trinajstić information content (AvgIpc) is 2.92. The molecule has 1 heterocycles. The van der Waals surface area contributed by atoms with Gasteiger partial charge in [-0.15, -0.1) is 0 Å². The fourth-order valence-corrected chi connectivity index (χ4v) is 1.56. The van der Waals surface area contributed by atoms with Gasteiger partial charge in [0.05, 0.1) is 13.7 Å². The summed E-state index contributed by atoms with van der Waals surface area (Å²) in [5.41, 5.74) is 0.560. The van der Waals surface area contributed by atoms with Crippen LogP contribution in [0.1, 0.15) is 10.4 Å². The summed E-state index contributed by atoms with van der Waals surface area (Å²) in [5.74, 6) is 1.18. The third-order valence-electron chi connectivity index (χ3n) is 2.46. The van der Waals surface area contributed by atoms with Crippen molar-refractivity contribution in [2.75, 3.05) is 13.7 Å². The van der Waals surface area contributed by atoms with Crippen LogP contribution in [0.5, 0.6) is 11.5 Å². The van der Waals surface area contributed by atoms with Gasteiger partial charge >= 0.3 is 0 Å². The molecule has 0 radical (unpaired) electrons. The second kappa shape index (κ2) is 5.86. The number of carbonyl (C=O) groups is 1. The molecule has 2 rings (SSSR count). The Morgan fingerprint density at radius 2 is 2.28 bits per heavy atom. The van der Waals surface area contributed by atoms with Gasteiger partial charge in [-0.3, -0.25) is 9.48 Å². The number of benzene rings is 1. The molecule has 0 fully saturated rings. The number of methoxy groups -OCH3 is 1. The summed E-state index contributed by atoms with van der Waals surface area (Å²) in [6, 6.07) is 6.92. The number of ether oxygens (including phenoxy) is 2. The summed E-state index contributed by atoms with van der Waals surface area (Å²) >= 11 is 0. The first kappa shape index (κ1) is 12.2. The number of nitrogens with zero attached hydrogens (tertiary/aromatic N) is 2. The molecule has 0 atom stereocenters. The number of carbonyl (C=O) groups excluding carboxylic acids is 1. The summed E-state index contributed by atoms with van der Waals surface area (Å²) in [6.07, 6.45) is 4.36. The first-order chi connectivity index (χ1) is 8.83. The van der Waals surface area contributed by atoms with E-state index in [1.165, 1.54) is 0 Å². The van der Waals surface area contributed by atoms with Crippen LogP contribution in [0.2, 0.25) is 0 Å². The SMILES string of the molecule is COc1ccc(C=O)cc1OCCn1cccn1. The van der Waals surface area contributed by atoms with Crippen molar-refractivity contribution in [1.29, 1.82) is 0 Å². The van der Waals surface area contributed by atoms with Crippen LogP contribution in [-0.4, -0.2) is 29.8 Å². The average molecular weight is 246 g/mol. The lowest BCUT2D eigenvalue weighted by Crippen LogP contribution is -2.09. The van der Waals surface area contributed by atoms with E-state index in [4.69, 9.17) is 9.47 Å². The quantitative estimate of drug-likeness (QED) is 0.729. The van der Waals surface area contributed by atoms with Crippen molar-refractivity contribution in [3.8, 4) is 11.5 Å². The molecule has 1 aromatic carbocycles. The number of hydrogen-bond acceptors (Lipinski definition) is 4. The lowest BCUT2D eigenvalue weighted by molar-refractivity contribution is 0.112. The van der Waals surface area contributed by atoms with E-state index in [0.29, 0.717) is 30.2 Å². The van der Waals surface area contributed by atoms with Gasteiger partial charge in [0.2, 0.25) is 0 Å². The molecular weight excluding hydrogens is 232 g/mol. The van der Waals surface area contributed by atoms with Crippen LogP contribution < -0.4 is 9.47 Å². The Balaban J connectivity index is 2.00. The predicted octanol–water partition coefficient (Wildman–Crippen LogP) is 1.78. The predicted molar refractivity (Wildman–Crippen MR) is 66.1 cm³/mol. The highest BCUT2D eigenvalue weighted by Crippen LogP contribution is 2.27. The van der Waals surface area contributed by atoms with Crippen molar-refractivity contribution in [1.82, 2.24) is 9.78 Å². The maximum atomic E-state index is 10.7. The number of rotatable bonds is 6. The van der Waals surface area contributed by atoms with E-state index in [9.17, 15) is 4.79 Å². The van der Waals surface area contributed by atoms with Crippen molar-refractivity contribution in [3.63, 3.8) is 0 Å². The van der Waals surface area contributed by atoms with Crippen LogP contribution in [0.4, 0.5) is 0 Å². The summed E-state index contributed by atoms with van der Waals surface area (Å²) < 4.78 is 12.5. The highest BCUT2D eigenvalue weighted by atomic mass is 16.5. The van der Waals surface area contributed by atoms with E-state index in [1.807, 2.05) is 12.3 Å². The van der Waals surface area contributed by atoms with Crippen LogP contribution in [0.15, 0.2) is 36.7 Å². The van der Waals surface area contributed by atoms with Crippen LogP contribution in [0.3, 0.4) is 0 Å². The summed E-state index contributed by atoms with van der Waals surface area (Å²) in [6.45, 7) is 1.10. The van der Waals surface area contributed by atoms with E-state index >= 15 is 0 Å². The largest absolute Gasteiger partial charge is 0.493 e. The minimum atomic E-state index is 0.459. The Bertz CT molecular complexity index is 509. The first-order valence-corrected chi connectivity index (χ1v) is 5.57. The zero-order chi connectivity index (χ0) is 12.8. The van der Waals surface area contributed by atoms with Crippen molar-refractivity contribution in [2.24, 2.45) is 0 Å². The Morgan fingerprint density at radius 3 is 2.94 bits per heavy atom. The normalized spacial score (nSPS) is 10.1. The molecule has 0 saturated carbocycles. The van der Waals surface area contributed by atoms with Crippen molar-refractivity contribution in [3.05, 3.63) is 42.2 Å². The molecule has 0 aliphatic carbocycles. The smallest absolute Gasteiger partial charge is 0.161 e. The van der Waals surface area contributed by atoms with E-state index in [0.717, 1.165) is 6.29 Å². The van der Waals surface area contributed by atoms with Gasteiger partial charge in [-0.2, -0.15) is 5.10 Å². The Hall–Kier alpha value is -2.30. The lowest BCUT2D eigenvalue weighted by Gasteiger charge is -2.11. The number of aromatic nitrogens is 2. The molecule has 0 bridgehead atoms. The summed E-state index contributed by atoms with van der Waals surface area (Å²) in [5, 5.41) is 4.07. The van der Waals surface area contributed by atoms with Gasteiger partial charge in [0, 0.05) is 18.0 Å². The molecule has 0 saturated heterocycles. The van der Waals surface area contributed by atoms with E-state index in [1.54, 1.807) is 36.2 Å². The van der Waals surface area contributed by atoms with Crippen molar-refractivity contribution < 1.29 is 14.3 Å². The Morgan fingerprint density at radius 1 is 1.39 bits per heavy atom. The molecule has 0 amide bonds. The van der Waals surface area contributed by atoms with Crippen molar-refractivity contribution >= 4 is 6.29 Å². The molecule has 94 valence electrons. The van der Waals surface area contributed by atoms with E-state index in [2.05, 4.69) is 5.10 Å². The fraction of sp³-hybridized carbons (Fsp3) is 0.231. The van der Waals surface area contributed by atoms with Gasteiger partial charge in [0.15, 0.2) is 11.5 Å². The molecule has 5 nitrogen and oxygen atoms in total. The lowest BCUT2D eigenvalue weighted by atomic mass is 10.2. The molecule has 0 unspecified atom stereocenters. The minimum Gasteiger partial charge on any atom is -0.493 e. The van der Waals surface area contributed by atoms with Gasteiger partial charge in [0.25, 0.3) is 0 Å². The maximum Gasteiger partial charge on any atom is 0.161 e. The van der Waals surface area contributed by atoms with Gasteiger partial charge < -0.3 is 9.47 Å². The third-order valence-corrected chi connectivity index (χ3v) is 2.46. The standard InChI is InChI=1S/C13H14N2O3/c1-17-12-4-3-11(10-16)9-13(12)18-8-7-15-6-2-5-14-15/h2-6,9-10H,7-8H2,1H3. The van der Waals surface area contributed by atoms with Gasteiger partial charge in [-0.25, -0.2) is 0 Å². The van der Waals surface area contributed by atoms with Crippen LogP contribution in [0, 0.1) is 0 Å². The van der Waals surface area contributed by atoms with E-state index in [-0.39, 0.29) is 0 Å². The molecule has 2 aromatic rings. The molecule has 1 aromatic heterocycles. The highest BCUT2D eigenvalue weighted by molar-refractivity contribution is 5.76. The van der Waals surface area contributed by atoms with Gasteiger partial charge in [0.1, 0.15) is 12.9 Å². The molecule has 0 N–H and O–H groups in total. The molecule has 0 spiro atoms. The monoisotopic (exact) mass is 246 g/mol. The molecule has 0 aliphatic heterocycles. The zero-order valence-electron chi connectivity index (χ0n) is 10.1. The molecule has 18 heavy (non-hydrogen) atoms. The second-order valence-corrected chi connectivity index (χ2v) is 3.65. The maximum absolute atomic E-state index is 10.7. The van der Waals surface area contributed by atoms with Crippen molar-refractivity contribution in [2.45, 2.75) is 6.54 Å². The number of hydrogen-bond donors (Lipinski definition) is 0. The number of aldehydes is 1. The third kappa shape index (κ3) is 2.88. The van der Waals surface area contributed by atoms with Crippen LogP contribution in [-0.2, 0) is 6.54 Å². The molecule has 0 aliphatic rings. The molecular formula is C13H14N2O3. The topological polar surface area (TPSA) is 53.4 Å². The minimum absolute atomic E-state index is 0.459. The summed E-state index contributed by atoms with van der Waals surface area (Å²) in [7, 11) is 1.57. The van der Waals surface area contributed by atoms with Crippen LogP contribution >= 0.6 is 0 Å². The Kier molecular flexibility index (Phi) is 3.96. The molecule has 5 heteroatoms. The first-order valence-electron chi connectivity index (χ1n) is 5.57. The highest BCUT2D eigenvalue weighted by Gasteiger charge is 2.05. The van der Waals surface area contributed by atoms with Crippen LogP contribution in [0.25, 0.3) is 0 Å².